The topological polar surface area (TPSA) is 60.0 Å². The summed E-state index contributed by atoms with van der Waals surface area (Å²) >= 11 is 0. The molecule has 1 saturated heterocycles. The highest BCUT2D eigenvalue weighted by Gasteiger charge is 2.37. The molecule has 1 aromatic carbocycles. The number of benzene rings is 1. The molecule has 2 aliphatic rings. The Morgan fingerprint density at radius 3 is 2.38 bits per heavy atom. The number of likely N-dealkylation sites (tertiary alicyclic amines) is 1. The SMILES string of the molecule is COc1cc(C(=O)N[C@@H]2CCC[C@@H]3CCN(C)C[C@H]32)cc(OC)c1OC. The number of carbonyl (C=O) groups is 1. The number of hydrogen-bond acceptors (Lipinski definition) is 5. The predicted molar refractivity (Wildman–Crippen MR) is 100 cm³/mol. The molecule has 1 aromatic rings. The van der Waals surface area contributed by atoms with Crippen molar-refractivity contribution in [1.82, 2.24) is 10.2 Å². The second-order valence-corrected chi connectivity index (χ2v) is 7.40. The maximum absolute atomic E-state index is 12.9. The zero-order valence-electron chi connectivity index (χ0n) is 16.2. The maximum atomic E-state index is 12.9. The summed E-state index contributed by atoms with van der Waals surface area (Å²) in [5.41, 5.74) is 0.533. The van der Waals surface area contributed by atoms with Gasteiger partial charge in [0.05, 0.1) is 21.3 Å². The fraction of sp³-hybridized carbons (Fsp3) is 0.650. The van der Waals surface area contributed by atoms with Crippen molar-refractivity contribution in [2.75, 3.05) is 41.5 Å². The van der Waals surface area contributed by atoms with Crippen LogP contribution in [0.25, 0.3) is 0 Å². The standard InChI is InChI=1S/C20H30N2O4/c1-22-9-8-13-6-5-7-16(15(13)12-22)21-20(23)14-10-17(24-2)19(26-4)18(11-14)25-3/h10-11,13,15-16H,5-9,12H2,1-4H3,(H,21,23)/t13-,15-,16-/m1/s1. The average Bonchev–Trinajstić information content (AvgIpc) is 2.67. The monoisotopic (exact) mass is 362 g/mol. The lowest BCUT2D eigenvalue weighted by Crippen LogP contribution is -2.52. The Labute approximate surface area is 155 Å². The first kappa shape index (κ1) is 18.8. The number of methoxy groups -OCH3 is 3. The Bertz CT molecular complexity index is 624. The van der Waals surface area contributed by atoms with E-state index in [1.807, 2.05) is 0 Å². The molecular weight excluding hydrogens is 332 g/mol. The van der Waals surface area contributed by atoms with Crippen molar-refractivity contribution in [2.24, 2.45) is 11.8 Å². The third-order valence-corrected chi connectivity index (χ3v) is 5.86. The minimum absolute atomic E-state index is 0.0804. The third-order valence-electron chi connectivity index (χ3n) is 5.86. The molecule has 1 saturated carbocycles. The summed E-state index contributed by atoms with van der Waals surface area (Å²) < 4.78 is 16.1. The van der Waals surface area contributed by atoms with Gasteiger partial charge >= 0.3 is 0 Å². The molecule has 0 bridgehead atoms. The van der Waals surface area contributed by atoms with Crippen LogP contribution in [-0.2, 0) is 0 Å². The third kappa shape index (κ3) is 3.75. The molecular formula is C20H30N2O4. The van der Waals surface area contributed by atoms with Crippen LogP contribution in [0.5, 0.6) is 17.2 Å². The Kier molecular flexibility index (Phi) is 5.91. The number of hydrogen-bond donors (Lipinski definition) is 1. The lowest BCUT2D eigenvalue weighted by Gasteiger charge is -2.44. The first-order valence-corrected chi connectivity index (χ1v) is 9.36. The van der Waals surface area contributed by atoms with Crippen molar-refractivity contribution >= 4 is 5.91 Å². The predicted octanol–water partition coefficient (Wildman–Crippen LogP) is 2.56. The van der Waals surface area contributed by atoms with Gasteiger partial charge in [-0.2, -0.15) is 0 Å². The minimum Gasteiger partial charge on any atom is -0.493 e. The van der Waals surface area contributed by atoms with Crippen LogP contribution in [0.2, 0.25) is 0 Å². The van der Waals surface area contributed by atoms with E-state index in [1.165, 1.54) is 19.3 Å². The molecule has 3 atom stereocenters. The lowest BCUT2D eigenvalue weighted by atomic mass is 9.72. The normalized spacial score (nSPS) is 25.9. The van der Waals surface area contributed by atoms with Crippen molar-refractivity contribution in [3.05, 3.63) is 17.7 Å². The van der Waals surface area contributed by atoms with E-state index in [0.717, 1.165) is 25.4 Å². The second-order valence-electron chi connectivity index (χ2n) is 7.40. The molecule has 0 spiro atoms. The van der Waals surface area contributed by atoms with Gasteiger partial charge < -0.3 is 24.4 Å². The smallest absolute Gasteiger partial charge is 0.251 e. The molecule has 1 heterocycles. The molecule has 1 N–H and O–H groups in total. The van der Waals surface area contributed by atoms with Crippen molar-refractivity contribution < 1.29 is 19.0 Å². The van der Waals surface area contributed by atoms with Gasteiger partial charge in [0.15, 0.2) is 11.5 Å². The van der Waals surface area contributed by atoms with E-state index < -0.39 is 0 Å². The van der Waals surface area contributed by atoms with Gasteiger partial charge in [-0.3, -0.25) is 4.79 Å². The summed E-state index contributed by atoms with van der Waals surface area (Å²) in [6.45, 7) is 2.22. The molecule has 1 aliphatic heterocycles. The molecule has 0 aromatic heterocycles. The van der Waals surface area contributed by atoms with Gasteiger partial charge in [-0.25, -0.2) is 0 Å². The van der Waals surface area contributed by atoms with Crippen LogP contribution < -0.4 is 19.5 Å². The van der Waals surface area contributed by atoms with Crippen LogP contribution in [0.15, 0.2) is 12.1 Å². The van der Waals surface area contributed by atoms with Gasteiger partial charge in [0.2, 0.25) is 5.75 Å². The quantitative estimate of drug-likeness (QED) is 0.872. The number of piperidine rings is 1. The van der Waals surface area contributed by atoms with Crippen LogP contribution in [0.4, 0.5) is 0 Å². The zero-order valence-corrected chi connectivity index (χ0v) is 16.2. The van der Waals surface area contributed by atoms with Gasteiger partial charge in [0, 0.05) is 18.2 Å². The Morgan fingerprint density at radius 1 is 1.08 bits per heavy atom. The molecule has 3 rings (SSSR count). The van der Waals surface area contributed by atoms with E-state index >= 15 is 0 Å². The maximum Gasteiger partial charge on any atom is 0.251 e. The highest BCUT2D eigenvalue weighted by atomic mass is 16.5. The largest absolute Gasteiger partial charge is 0.493 e. The fourth-order valence-electron chi connectivity index (χ4n) is 4.47. The van der Waals surface area contributed by atoms with Crippen molar-refractivity contribution in [3.63, 3.8) is 0 Å². The van der Waals surface area contributed by atoms with E-state index in [-0.39, 0.29) is 11.9 Å². The Hall–Kier alpha value is -1.95. The summed E-state index contributed by atoms with van der Waals surface area (Å²) in [5, 5.41) is 3.28. The fourth-order valence-corrected chi connectivity index (χ4v) is 4.47. The molecule has 0 radical (unpaired) electrons. The van der Waals surface area contributed by atoms with E-state index in [1.54, 1.807) is 33.5 Å². The molecule has 144 valence electrons. The summed E-state index contributed by atoms with van der Waals surface area (Å²) in [6.07, 6.45) is 4.75. The van der Waals surface area contributed by atoms with Crippen LogP contribution >= 0.6 is 0 Å². The molecule has 6 nitrogen and oxygen atoms in total. The summed E-state index contributed by atoms with van der Waals surface area (Å²) in [5.74, 6) is 2.67. The molecule has 1 aliphatic carbocycles. The first-order chi connectivity index (χ1) is 12.6. The molecule has 2 fully saturated rings. The number of amides is 1. The Morgan fingerprint density at radius 2 is 1.77 bits per heavy atom. The summed E-state index contributed by atoms with van der Waals surface area (Å²) in [6, 6.07) is 3.65. The minimum atomic E-state index is -0.0804. The highest BCUT2D eigenvalue weighted by molar-refractivity contribution is 5.95. The van der Waals surface area contributed by atoms with Gasteiger partial charge in [0.25, 0.3) is 5.91 Å². The Balaban J connectivity index is 1.79. The van der Waals surface area contributed by atoms with E-state index in [2.05, 4.69) is 17.3 Å². The number of ether oxygens (including phenoxy) is 3. The number of nitrogens with one attached hydrogen (secondary N) is 1. The van der Waals surface area contributed by atoms with E-state index in [0.29, 0.717) is 28.7 Å². The molecule has 26 heavy (non-hydrogen) atoms. The molecule has 6 heteroatoms. The van der Waals surface area contributed by atoms with E-state index in [4.69, 9.17) is 14.2 Å². The number of fused-ring (bicyclic) bond motifs is 1. The van der Waals surface area contributed by atoms with Gasteiger partial charge in [-0.1, -0.05) is 6.42 Å². The summed E-state index contributed by atoms with van der Waals surface area (Å²) in [4.78, 5) is 15.3. The average molecular weight is 362 g/mol. The van der Waals surface area contributed by atoms with E-state index in [9.17, 15) is 4.79 Å². The molecule has 0 unspecified atom stereocenters. The highest BCUT2D eigenvalue weighted by Crippen LogP contribution is 2.39. The van der Waals surface area contributed by atoms with Crippen LogP contribution in [-0.4, -0.2) is 58.3 Å². The van der Waals surface area contributed by atoms with Crippen LogP contribution in [0.3, 0.4) is 0 Å². The number of carbonyl (C=O) groups excluding carboxylic acids is 1. The van der Waals surface area contributed by atoms with Crippen molar-refractivity contribution in [2.45, 2.75) is 31.7 Å². The van der Waals surface area contributed by atoms with Gasteiger partial charge in [-0.05, 0) is 56.8 Å². The summed E-state index contributed by atoms with van der Waals surface area (Å²) in [7, 11) is 6.84. The molecule has 1 amide bonds. The number of nitrogens with zero attached hydrogens (tertiary/aromatic N) is 1. The van der Waals surface area contributed by atoms with Crippen LogP contribution in [0.1, 0.15) is 36.0 Å². The van der Waals surface area contributed by atoms with Gasteiger partial charge in [0.1, 0.15) is 0 Å². The first-order valence-electron chi connectivity index (χ1n) is 9.36. The van der Waals surface area contributed by atoms with Crippen molar-refractivity contribution in [3.8, 4) is 17.2 Å². The number of rotatable bonds is 5. The zero-order chi connectivity index (χ0) is 18.7. The van der Waals surface area contributed by atoms with Crippen molar-refractivity contribution in [1.29, 1.82) is 0 Å². The van der Waals surface area contributed by atoms with Gasteiger partial charge in [-0.15, -0.1) is 0 Å². The second kappa shape index (κ2) is 8.16. The lowest BCUT2D eigenvalue weighted by molar-refractivity contribution is 0.0650. The van der Waals surface area contributed by atoms with Crippen LogP contribution in [0, 0.1) is 11.8 Å².